The van der Waals surface area contributed by atoms with Crippen molar-refractivity contribution in [3.05, 3.63) is 34.9 Å². The number of unbranched alkanes of at least 4 members (excludes halogenated alkanes) is 1. The SMILES string of the molecule is [B]OC(=O)C(CCCC)C1CCN(CCCc2ccc(Cl)cc2)CC1. The Bertz CT molecular complexity index is 515. The molecule has 25 heavy (non-hydrogen) atoms. The molecule has 0 bridgehead atoms. The maximum absolute atomic E-state index is 12.0. The van der Waals surface area contributed by atoms with E-state index in [1.54, 1.807) is 0 Å². The van der Waals surface area contributed by atoms with Crippen LogP contribution in [0.3, 0.4) is 0 Å². The number of likely N-dealkylation sites (tertiary alicyclic amines) is 1. The van der Waals surface area contributed by atoms with Crippen LogP contribution in [0.2, 0.25) is 5.02 Å². The Hall–Kier alpha value is -0.995. The van der Waals surface area contributed by atoms with Gasteiger partial charge in [0.1, 0.15) is 0 Å². The second kappa shape index (κ2) is 10.9. The smallest absolute Gasteiger partial charge is 0.378 e. The highest BCUT2D eigenvalue weighted by atomic mass is 35.5. The van der Waals surface area contributed by atoms with Crippen molar-refractivity contribution >= 4 is 25.6 Å². The molecular weight excluding hydrogens is 332 g/mol. The number of rotatable bonds is 9. The van der Waals surface area contributed by atoms with Gasteiger partial charge in [-0.2, -0.15) is 0 Å². The van der Waals surface area contributed by atoms with E-state index in [0.717, 1.165) is 69.6 Å². The molecule has 1 unspecified atom stereocenters. The van der Waals surface area contributed by atoms with Gasteiger partial charge in [0.05, 0.1) is 5.92 Å². The third-order valence-electron chi connectivity index (χ3n) is 5.34. The number of nitrogens with zero attached hydrogens (tertiary/aromatic N) is 1. The van der Waals surface area contributed by atoms with E-state index in [4.69, 9.17) is 19.7 Å². The van der Waals surface area contributed by atoms with Crippen molar-refractivity contribution in [2.45, 2.75) is 51.9 Å². The van der Waals surface area contributed by atoms with Gasteiger partial charge in [-0.1, -0.05) is 43.5 Å². The molecule has 1 aliphatic rings. The molecule has 1 fully saturated rings. The number of aryl methyl sites for hydroxylation is 1. The average molecular weight is 362 g/mol. The van der Waals surface area contributed by atoms with Gasteiger partial charge >= 0.3 is 8.05 Å². The third-order valence-corrected chi connectivity index (χ3v) is 5.59. The Morgan fingerprint density at radius 2 is 1.96 bits per heavy atom. The fourth-order valence-electron chi connectivity index (χ4n) is 3.79. The van der Waals surface area contributed by atoms with Gasteiger partial charge in [0, 0.05) is 5.02 Å². The molecule has 0 saturated carbocycles. The van der Waals surface area contributed by atoms with Crippen LogP contribution in [0.1, 0.15) is 51.0 Å². The molecule has 2 radical (unpaired) electrons. The van der Waals surface area contributed by atoms with E-state index in [2.05, 4.69) is 28.6 Å². The van der Waals surface area contributed by atoms with E-state index in [-0.39, 0.29) is 11.9 Å². The Kier molecular flexibility index (Phi) is 8.84. The largest absolute Gasteiger partial charge is 0.543 e. The van der Waals surface area contributed by atoms with Crippen molar-refractivity contribution in [1.29, 1.82) is 0 Å². The van der Waals surface area contributed by atoms with Gasteiger partial charge < -0.3 is 9.55 Å². The fraction of sp³-hybridized carbons (Fsp3) is 0.650. The van der Waals surface area contributed by atoms with Crippen molar-refractivity contribution in [3.8, 4) is 0 Å². The van der Waals surface area contributed by atoms with Gasteiger partial charge in [-0.05, 0) is 75.4 Å². The predicted molar refractivity (Wildman–Crippen MR) is 104 cm³/mol. The second-order valence-electron chi connectivity index (χ2n) is 7.09. The normalized spacial score (nSPS) is 17.4. The number of piperidine rings is 1. The summed E-state index contributed by atoms with van der Waals surface area (Å²) in [6.07, 6.45) is 7.40. The topological polar surface area (TPSA) is 29.5 Å². The molecule has 1 aromatic rings. The number of hydrogen-bond acceptors (Lipinski definition) is 3. The number of carbonyl (C=O) groups is 1. The lowest BCUT2D eigenvalue weighted by Crippen LogP contribution is -2.39. The first-order valence-corrected chi connectivity index (χ1v) is 9.89. The molecule has 3 nitrogen and oxygen atoms in total. The van der Waals surface area contributed by atoms with Crippen LogP contribution in [0.5, 0.6) is 0 Å². The van der Waals surface area contributed by atoms with Crippen molar-refractivity contribution in [1.82, 2.24) is 4.90 Å². The minimum Gasteiger partial charge on any atom is -0.543 e. The Morgan fingerprint density at radius 3 is 2.56 bits per heavy atom. The molecule has 0 amide bonds. The highest BCUT2D eigenvalue weighted by Crippen LogP contribution is 2.29. The molecule has 1 saturated heterocycles. The Morgan fingerprint density at radius 1 is 1.28 bits per heavy atom. The highest BCUT2D eigenvalue weighted by Gasteiger charge is 2.31. The van der Waals surface area contributed by atoms with Crippen LogP contribution in [0, 0.1) is 11.8 Å². The minimum absolute atomic E-state index is 0.0267. The summed E-state index contributed by atoms with van der Waals surface area (Å²) < 4.78 is 4.55. The summed E-state index contributed by atoms with van der Waals surface area (Å²) in [5.74, 6) is 0.158. The van der Waals surface area contributed by atoms with Gasteiger partial charge in [0.25, 0.3) is 5.97 Å². The lowest BCUT2D eigenvalue weighted by Gasteiger charge is -2.35. The maximum atomic E-state index is 12.0. The standard InChI is InChI=1S/C20H29BClNO2/c1-2-3-6-19(20(24)25-21)17-11-14-23(15-12-17)13-4-5-16-7-9-18(22)10-8-16/h7-10,17,19H,2-6,11-15H2,1H3. The van der Waals surface area contributed by atoms with E-state index in [9.17, 15) is 4.79 Å². The first-order valence-electron chi connectivity index (χ1n) is 9.51. The molecule has 1 aliphatic heterocycles. The van der Waals surface area contributed by atoms with Crippen molar-refractivity contribution in [2.24, 2.45) is 11.8 Å². The number of benzene rings is 1. The molecule has 0 N–H and O–H groups in total. The van der Waals surface area contributed by atoms with Crippen molar-refractivity contribution < 1.29 is 9.45 Å². The zero-order valence-electron chi connectivity index (χ0n) is 15.3. The van der Waals surface area contributed by atoms with E-state index >= 15 is 0 Å². The molecule has 0 aromatic heterocycles. The van der Waals surface area contributed by atoms with Crippen molar-refractivity contribution in [3.63, 3.8) is 0 Å². The molecule has 1 atom stereocenters. The van der Waals surface area contributed by atoms with E-state index in [1.165, 1.54) is 5.56 Å². The lowest BCUT2D eigenvalue weighted by atomic mass is 9.81. The Labute approximate surface area is 158 Å². The molecule has 5 heteroatoms. The average Bonchev–Trinajstić information content (AvgIpc) is 2.64. The summed E-state index contributed by atoms with van der Waals surface area (Å²) >= 11 is 5.92. The molecule has 2 rings (SSSR count). The monoisotopic (exact) mass is 361 g/mol. The molecule has 0 spiro atoms. The van der Waals surface area contributed by atoms with Crippen LogP contribution in [-0.2, 0) is 15.9 Å². The van der Waals surface area contributed by atoms with Gasteiger partial charge in [0.2, 0.25) is 0 Å². The fourth-order valence-corrected chi connectivity index (χ4v) is 3.92. The summed E-state index contributed by atoms with van der Waals surface area (Å²) in [6, 6.07) is 8.11. The maximum Gasteiger partial charge on any atom is 0.378 e. The third kappa shape index (κ3) is 6.67. The van der Waals surface area contributed by atoms with Crippen LogP contribution >= 0.6 is 11.6 Å². The zero-order valence-corrected chi connectivity index (χ0v) is 16.0. The predicted octanol–water partition coefficient (Wildman–Crippen LogP) is 4.42. The summed E-state index contributed by atoms with van der Waals surface area (Å²) in [5.41, 5.74) is 1.34. The van der Waals surface area contributed by atoms with Crippen LogP contribution in [0.25, 0.3) is 0 Å². The number of carbonyl (C=O) groups excluding carboxylic acids is 1. The summed E-state index contributed by atoms with van der Waals surface area (Å²) in [4.78, 5) is 14.5. The molecule has 136 valence electrons. The highest BCUT2D eigenvalue weighted by molar-refractivity contribution is 6.30. The van der Waals surface area contributed by atoms with E-state index < -0.39 is 0 Å². The van der Waals surface area contributed by atoms with Crippen LogP contribution in [0.15, 0.2) is 24.3 Å². The number of hydrogen-bond donors (Lipinski definition) is 0. The summed E-state index contributed by atoms with van der Waals surface area (Å²) in [6.45, 7) is 5.38. The van der Waals surface area contributed by atoms with Gasteiger partial charge in [0.15, 0.2) is 0 Å². The lowest BCUT2D eigenvalue weighted by molar-refractivity contribution is -0.141. The zero-order chi connectivity index (χ0) is 18.1. The van der Waals surface area contributed by atoms with Crippen molar-refractivity contribution in [2.75, 3.05) is 19.6 Å². The molecule has 1 heterocycles. The van der Waals surface area contributed by atoms with Crippen LogP contribution in [0.4, 0.5) is 0 Å². The van der Waals surface area contributed by atoms with E-state index in [1.807, 2.05) is 12.1 Å². The summed E-state index contributed by atoms with van der Waals surface area (Å²) in [7, 11) is 5.14. The van der Waals surface area contributed by atoms with Crippen LogP contribution in [-0.4, -0.2) is 38.6 Å². The second-order valence-corrected chi connectivity index (χ2v) is 7.53. The van der Waals surface area contributed by atoms with Gasteiger partial charge in [-0.25, -0.2) is 0 Å². The summed E-state index contributed by atoms with van der Waals surface area (Å²) in [5, 5.41) is 0.791. The molecule has 1 aromatic carbocycles. The number of halogens is 1. The minimum atomic E-state index is -0.227. The Balaban J connectivity index is 1.72. The van der Waals surface area contributed by atoms with Gasteiger partial charge in [-0.15, -0.1) is 0 Å². The molecular formula is C20H29BClNO2. The van der Waals surface area contributed by atoms with Gasteiger partial charge in [-0.3, -0.25) is 4.79 Å². The van der Waals surface area contributed by atoms with E-state index in [0.29, 0.717) is 5.92 Å². The first kappa shape index (κ1) is 20.3. The first-order chi connectivity index (χ1) is 12.1. The quantitative estimate of drug-likeness (QED) is 0.610. The van der Waals surface area contributed by atoms with Crippen LogP contribution < -0.4 is 0 Å². The molecule has 0 aliphatic carbocycles.